The van der Waals surface area contributed by atoms with E-state index in [0.29, 0.717) is 33.4 Å². The molecule has 6 rings (SSSR count). The monoisotopic (exact) mass is 539 g/mol. The molecule has 5 aromatic rings. The van der Waals surface area contributed by atoms with Crippen molar-refractivity contribution >= 4 is 39.3 Å². The largest absolute Gasteiger partial charge is 0.455 e. The van der Waals surface area contributed by atoms with Gasteiger partial charge in [0.2, 0.25) is 0 Å². The molecule has 0 aliphatic heterocycles. The maximum atomic E-state index is 13.7. The first-order chi connectivity index (χ1) is 18.8. The van der Waals surface area contributed by atoms with Gasteiger partial charge in [-0.15, -0.1) is 11.3 Å². The number of nitrogens with one attached hydrogen (secondary N) is 1. The molecule has 1 N–H and O–H groups in total. The Balaban J connectivity index is 1.44. The maximum absolute atomic E-state index is 13.7. The highest BCUT2D eigenvalue weighted by atomic mass is 32.1. The molecule has 2 amide bonds. The third kappa shape index (κ3) is 4.61. The van der Waals surface area contributed by atoms with Gasteiger partial charge in [-0.25, -0.2) is 9.37 Å². The van der Waals surface area contributed by atoms with Crippen molar-refractivity contribution in [2.75, 3.05) is 11.9 Å². The average Bonchev–Trinajstić information content (AvgIpc) is 3.56. The van der Waals surface area contributed by atoms with Crippen LogP contribution in [0.15, 0.2) is 71.3 Å². The zero-order chi connectivity index (χ0) is 27.3. The number of halogens is 1. The van der Waals surface area contributed by atoms with Crippen LogP contribution in [0.4, 0.5) is 9.52 Å². The molecule has 3 aromatic carbocycles. The number of amides is 2. The number of thiazole rings is 1. The Kier molecular flexibility index (Phi) is 6.27. The van der Waals surface area contributed by atoms with Crippen LogP contribution < -0.4 is 10.2 Å². The van der Waals surface area contributed by atoms with Gasteiger partial charge in [-0.05, 0) is 91.9 Å². The molecule has 0 unspecified atom stereocenters. The molecule has 2 aromatic heterocycles. The highest BCUT2D eigenvalue weighted by Gasteiger charge is 2.36. The van der Waals surface area contributed by atoms with Crippen molar-refractivity contribution in [2.24, 2.45) is 0 Å². The van der Waals surface area contributed by atoms with Crippen molar-refractivity contribution in [1.82, 2.24) is 10.3 Å². The topological polar surface area (TPSA) is 75.4 Å². The van der Waals surface area contributed by atoms with E-state index in [1.54, 1.807) is 25.4 Å². The van der Waals surface area contributed by atoms with E-state index in [-0.39, 0.29) is 23.7 Å². The lowest BCUT2D eigenvalue weighted by Gasteiger charge is -2.20. The molecule has 0 bridgehead atoms. The number of hydrogen-bond acceptors (Lipinski definition) is 5. The molecule has 1 saturated carbocycles. The molecular formula is C31H26FN3O3S. The minimum atomic E-state index is -0.367. The first-order valence-corrected chi connectivity index (χ1v) is 13.6. The van der Waals surface area contributed by atoms with Gasteiger partial charge < -0.3 is 9.73 Å². The number of hydrogen-bond donors (Lipinski definition) is 1. The normalized spacial score (nSPS) is 13.0. The number of furan rings is 1. The zero-order valence-corrected chi connectivity index (χ0v) is 22.6. The van der Waals surface area contributed by atoms with E-state index in [1.807, 2.05) is 55.1 Å². The lowest BCUT2D eigenvalue weighted by Crippen LogP contribution is -2.33. The molecule has 0 radical (unpaired) electrons. The third-order valence-corrected chi connectivity index (χ3v) is 7.90. The summed E-state index contributed by atoms with van der Waals surface area (Å²) in [4.78, 5) is 34.1. The Morgan fingerprint density at radius 3 is 2.44 bits per heavy atom. The molecule has 0 spiro atoms. The number of carbonyl (C=O) groups is 2. The highest BCUT2D eigenvalue weighted by Crippen LogP contribution is 2.38. The smallest absolute Gasteiger partial charge is 0.260 e. The average molecular weight is 540 g/mol. The summed E-state index contributed by atoms with van der Waals surface area (Å²) in [6, 6.07) is 17.4. The second kappa shape index (κ2) is 9.78. The summed E-state index contributed by atoms with van der Waals surface area (Å²) in [6.45, 7) is 3.98. The van der Waals surface area contributed by atoms with Crippen molar-refractivity contribution < 1.29 is 18.4 Å². The van der Waals surface area contributed by atoms with Crippen LogP contribution >= 0.6 is 11.3 Å². The van der Waals surface area contributed by atoms with Gasteiger partial charge >= 0.3 is 0 Å². The second-order valence-electron chi connectivity index (χ2n) is 9.79. The number of aromatic nitrogens is 1. The number of benzene rings is 3. The summed E-state index contributed by atoms with van der Waals surface area (Å²) >= 11 is 1.52. The van der Waals surface area contributed by atoms with Crippen LogP contribution in [0.25, 0.3) is 33.4 Å². The summed E-state index contributed by atoms with van der Waals surface area (Å²) in [5.74, 6) is -0.360. The lowest BCUT2D eigenvalue weighted by molar-refractivity contribution is 0.0962. The van der Waals surface area contributed by atoms with Crippen molar-refractivity contribution in [3.8, 4) is 22.5 Å². The summed E-state index contributed by atoms with van der Waals surface area (Å²) in [6.07, 6.45) is 3.74. The quantitative estimate of drug-likeness (QED) is 0.249. The maximum Gasteiger partial charge on any atom is 0.260 e. The highest BCUT2D eigenvalue weighted by molar-refractivity contribution is 7.15. The number of nitrogens with zero attached hydrogens (tertiary/aromatic N) is 2. The van der Waals surface area contributed by atoms with E-state index in [2.05, 4.69) is 10.3 Å². The third-order valence-electron chi connectivity index (χ3n) is 6.99. The van der Waals surface area contributed by atoms with Crippen LogP contribution in [-0.4, -0.2) is 29.9 Å². The molecule has 196 valence electrons. The summed E-state index contributed by atoms with van der Waals surface area (Å²) in [5.41, 5.74) is 4.86. The number of anilines is 1. The van der Waals surface area contributed by atoms with E-state index in [9.17, 15) is 14.0 Å². The molecule has 2 heterocycles. The molecule has 0 atom stereocenters. The Morgan fingerprint density at radius 1 is 1.03 bits per heavy atom. The van der Waals surface area contributed by atoms with E-state index in [4.69, 9.17) is 4.42 Å². The van der Waals surface area contributed by atoms with Crippen LogP contribution in [0.5, 0.6) is 0 Å². The minimum Gasteiger partial charge on any atom is -0.455 e. The van der Waals surface area contributed by atoms with Gasteiger partial charge in [0.1, 0.15) is 17.2 Å². The lowest BCUT2D eigenvalue weighted by atomic mass is 9.95. The standard InChI is InChI=1S/C31H26FN3O3S/c1-17-4-5-21(30(37)35(23-11-12-23)31-34-16-18(2)39-31)15-24(17)20-8-13-26-25(14-20)27(29(36)33-3)28(38-26)19-6-9-22(32)10-7-19/h4-10,13-16,23H,11-12H2,1-3H3,(H,33,36). The van der Waals surface area contributed by atoms with E-state index < -0.39 is 0 Å². The molecule has 6 nitrogen and oxygen atoms in total. The van der Waals surface area contributed by atoms with Crippen molar-refractivity contribution in [1.29, 1.82) is 0 Å². The Hall–Kier alpha value is -4.30. The van der Waals surface area contributed by atoms with Gasteiger partial charge in [0.25, 0.3) is 11.8 Å². The van der Waals surface area contributed by atoms with Gasteiger partial charge in [0.05, 0.1) is 5.56 Å². The fourth-order valence-corrected chi connectivity index (χ4v) is 5.65. The van der Waals surface area contributed by atoms with Crippen LogP contribution in [0.1, 0.15) is 44.0 Å². The Labute approximate surface area is 229 Å². The number of aryl methyl sites for hydroxylation is 2. The SMILES string of the molecule is CNC(=O)c1c(-c2ccc(F)cc2)oc2ccc(-c3cc(C(=O)N(c4ncc(C)s4)C4CC4)ccc3C)cc12. The van der Waals surface area contributed by atoms with Gasteiger partial charge in [-0.3, -0.25) is 14.5 Å². The first kappa shape index (κ1) is 25.0. The molecule has 1 aliphatic carbocycles. The molecule has 39 heavy (non-hydrogen) atoms. The predicted octanol–water partition coefficient (Wildman–Crippen LogP) is 7.15. The molecule has 8 heteroatoms. The Bertz CT molecular complexity index is 1730. The summed E-state index contributed by atoms with van der Waals surface area (Å²) < 4.78 is 19.7. The molecular weight excluding hydrogens is 513 g/mol. The summed E-state index contributed by atoms with van der Waals surface area (Å²) in [5, 5.41) is 4.06. The molecule has 1 fully saturated rings. The van der Waals surface area contributed by atoms with Crippen LogP contribution in [0, 0.1) is 19.7 Å². The number of carbonyl (C=O) groups excluding carboxylic acids is 2. The fraction of sp³-hybridized carbons (Fsp3) is 0.194. The van der Waals surface area contributed by atoms with Gasteiger partial charge in [-0.1, -0.05) is 12.1 Å². The van der Waals surface area contributed by atoms with Crippen LogP contribution in [0.2, 0.25) is 0 Å². The van der Waals surface area contributed by atoms with Crippen molar-refractivity contribution in [3.05, 3.63) is 94.2 Å². The first-order valence-electron chi connectivity index (χ1n) is 12.8. The molecule has 1 aliphatic rings. The van der Waals surface area contributed by atoms with Crippen molar-refractivity contribution in [3.63, 3.8) is 0 Å². The van der Waals surface area contributed by atoms with Gasteiger partial charge in [0, 0.05) is 40.7 Å². The zero-order valence-electron chi connectivity index (χ0n) is 21.7. The van der Waals surface area contributed by atoms with Crippen LogP contribution in [-0.2, 0) is 0 Å². The van der Waals surface area contributed by atoms with Gasteiger partial charge in [-0.2, -0.15) is 0 Å². The minimum absolute atomic E-state index is 0.0675. The fourth-order valence-electron chi connectivity index (χ4n) is 4.82. The number of rotatable bonds is 6. The van der Waals surface area contributed by atoms with Crippen LogP contribution in [0.3, 0.4) is 0 Å². The van der Waals surface area contributed by atoms with E-state index >= 15 is 0 Å². The summed E-state index contributed by atoms with van der Waals surface area (Å²) in [7, 11) is 1.56. The molecule has 0 saturated heterocycles. The number of fused-ring (bicyclic) bond motifs is 1. The second-order valence-corrected chi connectivity index (χ2v) is 11.0. The van der Waals surface area contributed by atoms with E-state index in [1.165, 1.54) is 23.5 Å². The van der Waals surface area contributed by atoms with Gasteiger partial charge in [0.15, 0.2) is 5.13 Å². The van der Waals surface area contributed by atoms with E-state index in [0.717, 1.165) is 39.5 Å². The Morgan fingerprint density at radius 2 is 1.77 bits per heavy atom. The predicted molar refractivity (Wildman–Crippen MR) is 152 cm³/mol. The van der Waals surface area contributed by atoms with Crippen molar-refractivity contribution in [2.45, 2.75) is 32.7 Å².